The van der Waals surface area contributed by atoms with Gasteiger partial charge in [-0.1, -0.05) is 12.1 Å². The first-order valence-corrected chi connectivity index (χ1v) is 7.93. The Balaban J connectivity index is 1.93. The summed E-state index contributed by atoms with van der Waals surface area (Å²) in [7, 11) is -3.68. The van der Waals surface area contributed by atoms with Gasteiger partial charge in [-0.05, 0) is 31.0 Å². The maximum absolute atomic E-state index is 11.9. The molecule has 0 radical (unpaired) electrons. The molecule has 1 heterocycles. The number of hydrogen-bond donors (Lipinski definition) is 2. The number of carbonyl (C=O) groups excluding carboxylic acids is 1. The highest BCUT2D eigenvalue weighted by Gasteiger charge is 2.30. The molecule has 0 aromatic heterocycles. The number of benzene rings is 1. The molecule has 1 aromatic carbocycles. The summed E-state index contributed by atoms with van der Waals surface area (Å²) in [4.78, 5) is 12.0. The van der Waals surface area contributed by atoms with Crippen LogP contribution in [0.25, 0.3) is 0 Å². The van der Waals surface area contributed by atoms with Crippen LogP contribution >= 0.6 is 0 Å². The van der Waals surface area contributed by atoms with Crippen molar-refractivity contribution >= 4 is 15.9 Å². The molecule has 20 heavy (non-hydrogen) atoms. The molecule has 0 spiro atoms. The van der Waals surface area contributed by atoms with E-state index in [1.807, 2.05) is 6.92 Å². The Bertz CT molecular complexity index is 583. The zero-order valence-corrected chi connectivity index (χ0v) is 12.0. The summed E-state index contributed by atoms with van der Waals surface area (Å²) in [6.45, 7) is 2.85. The highest BCUT2D eigenvalue weighted by molar-refractivity contribution is 7.89. The Morgan fingerprint density at radius 1 is 1.40 bits per heavy atom. The number of carbonyl (C=O) groups is 1. The number of primary sulfonamides is 1. The fourth-order valence-electron chi connectivity index (χ4n) is 2.19. The third-order valence-electron chi connectivity index (χ3n) is 3.43. The molecule has 2 rings (SSSR count). The average Bonchev–Trinajstić information content (AvgIpc) is 2.82. The molecule has 1 aliphatic rings. The number of sulfonamides is 1. The minimum atomic E-state index is -3.68. The molecule has 2 atom stereocenters. The number of nitrogens with one attached hydrogen (secondary N) is 1. The molecule has 0 aliphatic carbocycles. The molecule has 2 unspecified atom stereocenters. The normalized spacial score (nSPS) is 22.7. The topological polar surface area (TPSA) is 98.5 Å². The summed E-state index contributed by atoms with van der Waals surface area (Å²) in [5.41, 5.74) is 0.817. The maximum atomic E-state index is 11.9. The van der Waals surface area contributed by atoms with Gasteiger partial charge < -0.3 is 10.1 Å². The summed E-state index contributed by atoms with van der Waals surface area (Å²) in [6.07, 6.45) is 0.678. The van der Waals surface area contributed by atoms with Gasteiger partial charge >= 0.3 is 0 Å². The summed E-state index contributed by atoms with van der Waals surface area (Å²) in [5.74, 6) is -0.149. The minimum absolute atomic E-state index is 0.0366. The number of amides is 1. The van der Waals surface area contributed by atoms with Gasteiger partial charge in [0, 0.05) is 13.2 Å². The predicted octanol–water partition coefficient (Wildman–Crippen LogP) is 0.375. The lowest BCUT2D eigenvalue weighted by Gasteiger charge is -2.14. The Kier molecular flexibility index (Phi) is 4.42. The van der Waals surface area contributed by atoms with Crippen LogP contribution in [0.3, 0.4) is 0 Å². The van der Waals surface area contributed by atoms with Crippen molar-refractivity contribution in [1.29, 1.82) is 0 Å². The highest BCUT2D eigenvalue weighted by Crippen LogP contribution is 2.20. The van der Waals surface area contributed by atoms with Crippen molar-refractivity contribution in [2.45, 2.75) is 30.9 Å². The van der Waals surface area contributed by atoms with E-state index in [4.69, 9.17) is 9.88 Å². The fraction of sp³-hybridized carbons (Fsp3) is 0.462. The SMILES string of the molecule is CC1OCCC1C(=O)NCc1ccc(S(N)(=O)=O)cc1. The van der Waals surface area contributed by atoms with E-state index in [2.05, 4.69) is 5.32 Å². The third-order valence-corrected chi connectivity index (χ3v) is 4.36. The van der Waals surface area contributed by atoms with Crippen LogP contribution in [0, 0.1) is 5.92 Å². The second-order valence-corrected chi connectivity index (χ2v) is 6.44. The van der Waals surface area contributed by atoms with Gasteiger partial charge in [-0.2, -0.15) is 0 Å². The Morgan fingerprint density at radius 2 is 2.05 bits per heavy atom. The van der Waals surface area contributed by atoms with E-state index in [-0.39, 0.29) is 22.8 Å². The molecule has 0 bridgehead atoms. The minimum Gasteiger partial charge on any atom is -0.378 e. The van der Waals surface area contributed by atoms with Crippen molar-refractivity contribution < 1.29 is 17.9 Å². The Labute approximate surface area is 118 Å². The maximum Gasteiger partial charge on any atom is 0.238 e. The molecule has 3 N–H and O–H groups in total. The summed E-state index contributed by atoms with van der Waals surface area (Å²) in [6, 6.07) is 6.12. The van der Waals surface area contributed by atoms with Crippen molar-refractivity contribution in [1.82, 2.24) is 5.32 Å². The molecule has 1 aromatic rings. The molecule has 1 fully saturated rings. The molecular formula is C13H18N2O4S. The van der Waals surface area contributed by atoms with Crippen LogP contribution in [0.4, 0.5) is 0 Å². The van der Waals surface area contributed by atoms with Crippen LogP contribution in [-0.4, -0.2) is 27.0 Å². The fourth-order valence-corrected chi connectivity index (χ4v) is 2.71. The first-order chi connectivity index (χ1) is 9.38. The zero-order chi connectivity index (χ0) is 14.8. The van der Waals surface area contributed by atoms with Crippen molar-refractivity contribution in [3.63, 3.8) is 0 Å². The summed E-state index contributed by atoms with van der Waals surface area (Å²) in [5, 5.41) is 7.85. The van der Waals surface area contributed by atoms with Crippen LogP contribution < -0.4 is 10.5 Å². The lowest BCUT2D eigenvalue weighted by Crippen LogP contribution is -2.33. The van der Waals surface area contributed by atoms with Gasteiger partial charge in [-0.25, -0.2) is 13.6 Å². The van der Waals surface area contributed by atoms with E-state index in [0.29, 0.717) is 13.2 Å². The van der Waals surface area contributed by atoms with E-state index < -0.39 is 10.0 Å². The largest absolute Gasteiger partial charge is 0.378 e. The molecule has 1 saturated heterocycles. The summed E-state index contributed by atoms with van der Waals surface area (Å²) < 4.78 is 27.6. The van der Waals surface area contributed by atoms with Crippen LogP contribution in [0.1, 0.15) is 18.9 Å². The Morgan fingerprint density at radius 3 is 2.55 bits per heavy atom. The van der Waals surface area contributed by atoms with Crippen LogP contribution in [-0.2, 0) is 26.1 Å². The van der Waals surface area contributed by atoms with E-state index in [1.165, 1.54) is 12.1 Å². The van der Waals surface area contributed by atoms with Gasteiger partial charge in [0.15, 0.2) is 0 Å². The first kappa shape index (κ1) is 15.0. The molecule has 7 heteroatoms. The van der Waals surface area contributed by atoms with Crippen molar-refractivity contribution in [2.24, 2.45) is 11.1 Å². The molecule has 6 nitrogen and oxygen atoms in total. The zero-order valence-electron chi connectivity index (χ0n) is 11.2. The number of nitrogens with two attached hydrogens (primary N) is 1. The highest BCUT2D eigenvalue weighted by atomic mass is 32.2. The van der Waals surface area contributed by atoms with Gasteiger partial charge in [0.2, 0.25) is 15.9 Å². The van der Waals surface area contributed by atoms with E-state index >= 15 is 0 Å². The van der Waals surface area contributed by atoms with Crippen LogP contribution in [0.2, 0.25) is 0 Å². The first-order valence-electron chi connectivity index (χ1n) is 6.39. The van der Waals surface area contributed by atoms with E-state index in [0.717, 1.165) is 12.0 Å². The van der Waals surface area contributed by atoms with Crippen LogP contribution in [0.15, 0.2) is 29.2 Å². The number of hydrogen-bond acceptors (Lipinski definition) is 4. The monoisotopic (exact) mass is 298 g/mol. The van der Waals surface area contributed by atoms with E-state index in [9.17, 15) is 13.2 Å². The van der Waals surface area contributed by atoms with Crippen LogP contribution in [0.5, 0.6) is 0 Å². The average molecular weight is 298 g/mol. The van der Waals surface area contributed by atoms with E-state index in [1.54, 1.807) is 12.1 Å². The second kappa shape index (κ2) is 5.90. The lowest BCUT2D eigenvalue weighted by atomic mass is 10.0. The molecular weight excluding hydrogens is 280 g/mol. The number of rotatable bonds is 4. The van der Waals surface area contributed by atoms with Gasteiger partial charge in [-0.3, -0.25) is 4.79 Å². The van der Waals surface area contributed by atoms with Gasteiger partial charge in [0.1, 0.15) is 0 Å². The predicted molar refractivity (Wildman–Crippen MR) is 73.2 cm³/mol. The Hall–Kier alpha value is -1.44. The van der Waals surface area contributed by atoms with Gasteiger partial charge in [0.05, 0.1) is 16.9 Å². The molecule has 1 amide bonds. The molecule has 0 saturated carbocycles. The summed E-state index contributed by atoms with van der Waals surface area (Å²) >= 11 is 0. The smallest absolute Gasteiger partial charge is 0.238 e. The third kappa shape index (κ3) is 3.56. The van der Waals surface area contributed by atoms with Gasteiger partial charge in [-0.15, -0.1) is 0 Å². The standard InChI is InChI=1S/C13H18N2O4S/c1-9-12(6-7-19-9)13(16)15-8-10-2-4-11(5-3-10)20(14,17)18/h2-5,9,12H,6-8H2,1H3,(H,15,16)(H2,14,17,18). The van der Waals surface area contributed by atoms with Gasteiger partial charge in [0.25, 0.3) is 0 Å². The second-order valence-electron chi connectivity index (χ2n) is 4.88. The molecule has 110 valence electrons. The van der Waals surface area contributed by atoms with Crippen molar-refractivity contribution in [3.05, 3.63) is 29.8 Å². The van der Waals surface area contributed by atoms with Crippen molar-refractivity contribution in [2.75, 3.05) is 6.61 Å². The molecule has 1 aliphatic heterocycles. The quantitative estimate of drug-likeness (QED) is 0.839. The van der Waals surface area contributed by atoms with Crippen molar-refractivity contribution in [3.8, 4) is 0 Å². The lowest BCUT2D eigenvalue weighted by molar-refractivity contribution is -0.126. The number of ether oxygens (including phenoxy) is 1.